The fourth-order valence-corrected chi connectivity index (χ4v) is 4.08. The lowest BCUT2D eigenvalue weighted by atomic mass is 10.0. The standard InChI is InChI=1S/C22H22Br2N2O7/c1-3-32-18(8-9-19(28)26-31)21(16-10-14(23)11-17(24)20(16)29)33-22(30)25-15-6-4-13(5-7-15)12(2)27/h4-11,18,21,29,31H,3H2,1-2H3,(H,25,30)(H,26,28)/b9-8+/t18-,21-/m1/s1. The minimum atomic E-state index is -1.18. The van der Waals surface area contributed by atoms with Crippen LogP contribution in [0.4, 0.5) is 10.5 Å². The van der Waals surface area contributed by atoms with E-state index in [0.717, 1.165) is 6.08 Å². The number of nitrogens with one attached hydrogen (secondary N) is 2. The van der Waals surface area contributed by atoms with Gasteiger partial charge in [0.05, 0.1) is 4.47 Å². The largest absolute Gasteiger partial charge is 0.506 e. The Labute approximate surface area is 207 Å². The molecule has 176 valence electrons. The molecule has 4 N–H and O–H groups in total. The van der Waals surface area contributed by atoms with Crippen LogP contribution in [0.3, 0.4) is 0 Å². The van der Waals surface area contributed by atoms with Crippen molar-refractivity contribution in [3.05, 3.63) is 68.6 Å². The molecule has 2 atom stereocenters. The summed E-state index contributed by atoms with van der Waals surface area (Å²) in [4.78, 5) is 35.6. The van der Waals surface area contributed by atoms with Gasteiger partial charge in [0, 0.05) is 34.0 Å². The van der Waals surface area contributed by atoms with Crippen LogP contribution in [0.2, 0.25) is 0 Å². The molecule has 9 nitrogen and oxygen atoms in total. The van der Waals surface area contributed by atoms with E-state index in [-0.39, 0.29) is 23.7 Å². The molecule has 0 saturated carbocycles. The smallest absolute Gasteiger partial charge is 0.412 e. The van der Waals surface area contributed by atoms with Gasteiger partial charge in [0.15, 0.2) is 11.9 Å². The third-order valence-corrected chi connectivity index (χ3v) is 5.40. The van der Waals surface area contributed by atoms with E-state index in [1.807, 2.05) is 0 Å². The molecule has 11 heteroatoms. The van der Waals surface area contributed by atoms with Gasteiger partial charge in [0.2, 0.25) is 0 Å². The minimum Gasteiger partial charge on any atom is -0.506 e. The highest BCUT2D eigenvalue weighted by Gasteiger charge is 2.30. The van der Waals surface area contributed by atoms with Gasteiger partial charge in [0.1, 0.15) is 11.9 Å². The Bertz CT molecular complexity index is 1040. The maximum Gasteiger partial charge on any atom is 0.412 e. The maximum absolute atomic E-state index is 12.7. The lowest BCUT2D eigenvalue weighted by Crippen LogP contribution is -2.28. The number of phenolic OH excluding ortho intramolecular Hbond substituents is 1. The van der Waals surface area contributed by atoms with E-state index < -0.39 is 24.2 Å². The molecule has 0 aliphatic heterocycles. The topological polar surface area (TPSA) is 134 Å². The van der Waals surface area contributed by atoms with Gasteiger partial charge in [-0.3, -0.25) is 20.1 Å². The molecule has 0 saturated heterocycles. The van der Waals surface area contributed by atoms with E-state index in [1.54, 1.807) is 43.3 Å². The van der Waals surface area contributed by atoms with E-state index in [1.165, 1.54) is 18.5 Å². The molecule has 2 amide bonds. The number of amides is 2. The average molecular weight is 586 g/mol. The molecule has 2 aromatic rings. The molecule has 0 aliphatic rings. The number of halogens is 2. The second-order valence-corrected chi connectivity index (χ2v) is 8.44. The number of hydrogen-bond donors (Lipinski definition) is 4. The van der Waals surface area contributed by atoms with Crippen molar-refractivity contribution in [1.29, 1.82) is 0 Å². The number of hydroxylamine groups is 1. The zero-order valence-electron chi connectivity index (χ0n) is 17.7. The van der Waals surface area contributed by atoms with E-state index in [0.29, 0.717) is 20.2 Å². The lowest BCUT2D eigenvalue weighted by Gasteiger charge is -2.26. The molecule has 0 fully saturated rings. The van der Waals surface area contributed by atoms with Crippen LogP contribution in [-0.4, -0.2) is 40.8 Å². The Hall–Kier alpha value is -2.73. The van der Waals surface area contributed by atoms with Crippen molar-refractivity contribution < 1.29 is 34.2 Å². The summed E-state index contributed by atoms with van der Waals surface area (Å²) in [6.07, 6.45) is -0.735. The van der Waals surface area contributed by atoms with E-state index in [9.17, 15) is 19.5 Å². The molecule has 33 heavy (non-hydrogen) atoms. The molecule has 2 aromatic carbocycles. The summed E-state index contributed by atoms with van der Waals surface area (Å²) in [5.41, 5.74) is 2.53. The van der Waals surface area contributed by atoms with Gasteiger partial charge in [-0.25, -0.2) is 10.3 Å². The van der Waals surface area contributed by atoms with Crippen molar-refractivity contribution in [3.8, 4) is 5.75 Å². The Balaban J connectivity index is 2.38. The highest BCUT2D eigenvalue weighted by molar-refractivity contribution is 9.11. The number of Topliss-reactive ketones (excluding diaryl/α,β-unsaturated/α-hetero) is 1. The van der Waals surface area contributed by atoms with E-state index in [2.05, 4.69) is 37.2 Å². The van der Waals surface area contributed by atoms with Crippen molar-refractivity contribution in [2.45, 2.75) is 26.1 Å². The Morgan fingerprint density at radius 2 is 1.82 bits per heavy atom. The highest BCUT2D eigenvalue weighted by atomic mass is 79.9. The van der Waals surface area contributed by atoms with Gasteiger partial charge in [-0.1, -0.05) is 15.9 Å². The Morgan fingerprint density at radius 1 is 1.15 bits per heavy atom. The SMILES string of the molecule is CCO[C@H](/C=C/C(=O)NO)[C@H](OC(=O)Nc1ccc(C(C)=O)cc1)c1cc(Br)cc(Br)c1O. The van der Waals surface area contributed by atoms with Crippen LogP contribution in [0.1, 0.15) is 35.9 Å². The van der Waals surface area contributed by atoms with Crippen LogP contribution in [0.15, 0.2) is 57.5 Å². The van der Waals surface area contributed by atoms with Crippen molar-refractivity contribution in [2.75, 3.05) is 11.9 Å². The normalized spacial score (nSPS) is 12.8. The second kappa shape index (κ2) is 12.5. The number of rotatable bonds is 9. The quantitative estimate of drug-likeness (QED) is 0.143. The van der Waals surface area contributed by atoms with Crippen LogP contribution < -0.4 is 10.8 Å². The summed E-state index contributed by atoms with van der Waals surface area (Å²) in [5, 5.41) is 21.9. The molecule has 0 spiro atoms. The zero-order chi connectivity index (χ0) is 24.5. The second-order valence-electron chi connectivity index (χ2n) is 6.67. The molecule has 0 radical (unpaired) electrons. The van der Waals surface area contributed by atoms with Crippen LogP contribution in [0.25, 0.3) is 0 Å². The first-order valence-electron chi connectivity index (χ1n) is 9.66. The van der Waals surface area contributed by atoms with Gasteiger partial charge < -0.3 is 14.6 Å². The third-order valence-electron chi connectivity index (χ3n) is 4.34. The number of anilines is 1. The number of benzene rings is 2. The van der Waals surface area contributed by atoms with Gasteiger partial charge in [-0.15, -0.1) is 0 Å². The van der Waals surface area contributed by atoms with Crippen molar-refractivity contribution in [3.63, 3.8) is 0 Å². The number of hydrogen-bond acceptors (Lipinski definition) is 7. The van der Waals surface area contributed by atoms with Gasteiger partial charge in [-0.2, -0.15) is 0 Å². The summed E-state index contributed by atoms with van der Waals surface area (Å²) < 4.78 is 12.2. The number of ether oxygens (including phenoxy) is 2. The molecule has 2 rings (SSSR count). The Kier molecular flexibility index (Phi) is 10.0. The highest BCUT2D eigenvalue weighted by Crippen LogP contribution is 2.39. The van der Waals surface area contributed by atoms with Crippen molar-refractivity contribution >= 4 is 55.3 Å². The predicted molar refractivity (Wildman–Crippen MR) is 127 cm³/mol. The molecule has 0 aliphatic carbocycles. The predicted octanol–water partition coefficient (Wildman–Crippen LogP) is 4.88. The molecule has 0 heterocycles. The summed E-state index contributed by atoms with van der Waals surface area (Å²) in [7, 11) is 0. The number of carbonyl (C=O) groups is 3. The van der Waals surface area contributed by atoms with Crippen molar-refractivity contribution in [1.82, 2.24) is 5.48 Å². The summed E-state index contributed by atoms with van der Waals surface area (Å²) in [6, 6.07) is 9.37. The number of aromatic hydroxyl groups is 1. The maximum atomic E-state index is 12.7. The van der Waals surface area contributed by atoms with Gasteiger partial charge in [-0.05, 0) is 72.3 Å². The first-order valence-corrected chi connectivity index (χ1v) is 11.2. The lowest BCUT2D eigenvalue weighted by molar-refractivity contribution is -0.124. The average Bonchev–Trinajstić information content (AvgIpc) is 2.77. The zero-order valence-corrected chi connectivity index (χ0v) is 20.8. The van der Waals surface area contributed by atoms with Crippen LogP contribution in [-0.2, 0) is 14.3 Å². The summed E-state index contributed by atoms with van der Waals surface area (Å²) in [5.74, 6) is -1.11. The third kappa shape index (κ3) is 7.67. The number of carbonyl (C=O) groups excluding carboxylic acids is 3. The van der Waals surface area contributed by atoms with E-state index in [4.69, 9.17) is 14.7 Å². The van der Waals surface area contributed by atoms with Crippen LogP contribution >= 0.6 is 31.9 Å². The number of ketones is 1. The Morgan fingerprint density at radius 3 is 2.39 bits per heavy atom. The fraction of sp³-hybridized carbons (Fsp3) is 0.227. The first-order chi connectivity index (χ1) is 15.7. The van der Waals surface area contributed by atoms with Gasteiger partial charge in [0.25, 0.3) is 5.91 Å². The van der Waals surface area contributed by atoms with Gasteiger partial charge >= 0.3 is 6.09 Å². The molecule has 0 unspecified atom stereocenters. The molecular formula is C22H22Br2N2O7. The minimum absolute atomic E-state index is 0.113. The van der Waals surface area contributed by atoms with Crippen LogP contribution in [0, 0.1) is 0 Å². The monoisotopic (exact) mass is 584 g/mol. The number of phenols is 1. The fourth-order valence-electron chi connectivity index (χ4n) is 2.82. The summed E-state index contributed by atoms with van der Waals surface area (Å²) >= 11 is 6.58. The molecular weight excluding hydrogens is 564 g/mol. The van der Waals surface area contributed by atoms with Crippen molar-refractivity contribution in [2.24, 2.45) is 0 Å². The first kappa shape index (κ1) is 26.5. The molecule has 0 bridgehead atoms. The molecule has 0 aromatic heterocycles. The van der Waals surface area contributed by atoms with E-state index >= 15 is 0 Å². The summed E-state index contributed by atoms with van der Waals surface area (Å²) in [6.45, 7) is 3.33. The van der Waals surface area contributed by atoms with Crippen LogP contribution in [0.5, 0.6) is 5.75 Å².